The number of aliphatic carboxylic acids is 1. The van der Waals surface area contributed by atoms with Crippen molar-refractivity contribution < 1.29 is 9.90 Å². The summed E-state index contributed by atoms with van der Waals surface area (Å²) >= 11 is 2.73. The fourth-order valence-electron chi connectivity index (χ4n) is 2.30. The van der Waals surface area contributed by atoms with Crippen LogP contribution in [0.3, 0.4) is 0 Å². The van der Waals surface area contributed by atoms with Crippen molar-refractivity contribution in [1.82, 2.24) is 15.1 Å². The maximum Gasteiger partial charge on any atom is 0.313 e. The Morgan fingerprint density at radius 3 is 2.70 bits per heavy atom. The molecule has 1 aromatic rings. The number of rotatable bonds is 6. The van der Waals surface area contributed by atoms with Crippen LogP contribution < -0.4 is 4.90 Å². The highest BCUT2D eigenvalue weighted by Gasteiger charge is 2.27. The largest absolute Gasteiger partial charge is 0.481 e. The van der Waals surface area contributed by atoms with Crippen LogP contribution in [0.25, 0.3) is 0 Å². The summed E-state index contributed by atoms with van der Waals surface area (Å²) in [4.78, 5) is 15.3. The minimum atomic E-state index is -0.819. The molecule has 110 valence electrons. The van der Waals surface area contributed by atoms with Gasteiger partial charge in [-0.15, -0.1) is 10.2 Å². The lowest BCUT2D eigenvalue weighted by Gasteiger charge is -2.34. The van der Waals surface area contributed by atoms with E-state index in [1.54, 1.807) is 0 Å². The summed E-state index contributed by atoms with van der Waals surface area (Å²) in [6.45, 7) is 5.42. The third kappa shape index (κ3) is 3.83. The molecule has 0 amide bonds. The number of nitrogens with zero attached hydrogens (tertiary/aromatic N) is 4. The first-order valence-electron chi connectivity index (χ1n) is 6.86. The van der Waals surface area contributed by atoms with Crippen molar-refractivity contribution in [3.05, 3.63) is 0 Å². The Morgan fingerprint density at radius 1 is 1.30 bits per heavy atom. The van der Waals surface area contributed by atoms with Crippen LogP contribution in [0.5, 0.6) is 0 Å². The van der Waals surface area contributed by atoms with E-state index in [0.717, 1.165) is 41.6 Å². The van der Waals surface area contributed by atoms with Crippen LogP contribution in [0, 0.1) is 5.92 Å². The van der Waals surface area contributed by atoms with E-state index in [2.05, 4.69) is 20.0 Å². The van der Waals surface area contributed by atoms with E-state index < -0.39 is 5.97 Å². The van der Waals surface area contributed by atoms with Crippen LogP contribution in [-0.4, -0.2) is 64.6 Å². The Hall–Kier alpha value is -0.860. The number of carboxylic acid groups (broad SMARTS) is 1. The lowest BCUT2D eigenvalue weighted by molar-refractivity contribution is -0.133. The monoisotopic (exact) mass is 314 g/mol. The lowest BCUT2D eigenvalue weighted by Crippen LogP contribution is -2.47. The number of piperazine rings is 1. The first-order chi connectivity index (χ1) is 9.70. The number of anilines is 1. The number of hydrogen-bond acceptors (Lipinski definition) is 7. The maximum atomic E-state index is 10.5. The Morgan fingerprint density at radius 2 is 2.05 bits per heavy atom. The van der Waals surface area contributed by atoms with Crippen LogP contribution in [-0.2, 0) is 4.79 Å². The predicted molar refractivity (Wildman–Crippen MR) is 79.6 cm³/mol. The summed E-state index contributed by atoms with van der Waals surface area (Å²) in [7, 11) is 0. The molecule has 1 aromatic heterocycles. The van der Waals surface area contributed by atoms with Gasteiger partial charge in [0.25, 0.3) is 0 Å². The Balaban J connectivity index is 1.48. The molecule has 1 saturated heterocycles. The SMILES string of the molecule is O=C(O)CSc1nnc(N2CCN(CC3CC3)CC2)s1. The van der Waals surface area contributed by atoms with Crippen molar-refractivity contribution in [2.75, 3.05) is 43.4 Å². The minimum absolute atomic E-state index is 0.0454. The second kappa shape index (κ2) is 6.28. The van der Waals surface area contributed by atoms with Crippen LogP contribution in [0.2, 0.25) is 0 Å². The van der Waals surface area contributed by atoms with Gasteiger partial charge in [0.15, 0.2) is 4.34 Å². The molecular formula is C12H18N4O2S2. The van der Waals surface area contributed by atoms with Gasteiger partial charge in [0.1, 0.15) is 0 Å². The number of carboxylic acids is 1. The third-order valence-electron chi connectivity index (χ3n) is 3.57. The summed E-state index contributed by atoms with van der Waals surface area (Å²) in [5.41, 5.74) is 0. The average molecular weight is 314 g/mol. The highest BCUT2D eigenvalue weighted by Crippen LogP contribution is 2.31. The van der Waals surface area contributed by atoms with Gasteiger partial charge in [0.05, 0.1) is 5.75 Å². The normalized spacial score (nSPS) is 20.3. The van der Waals surface area contributed by atoms with Gasteiger partial charge in [-0.3, -0.25) is 9.69 Å². The van der Waals surface area contributed by atoms with Crippen LogP contribution in [0.1, 0.15) is 12.8 Å². The fraction of sp³-hybridized carbons (Fsp3) is 0.750. The van der Waals surface area contributed by atoms with Gasteiger partial charge in [0, 0.05) is 32.7 Å². The number of carbonyl (C=O) groups is 1. The molecule has 0 bridgehead atoms. The maximum absolute atomic E-state index is 10.5. The zero-order valence-corrected chi connectivity index (χ0v) is 12.8. The van der Waals surface area contributed by atoms with Gasteiger partial charge >= 0.3 is 5.97 Å². The molecule has 0 aromatic carbocycles. The van der Waals surface area contributed by atoms with E-state index in [0.29, 0.717) is 0 Å². The second-order valence-electron chi connectivity index (χ2n) is 5.26. The average Bonchev–Trinajstić information content (AvgIpc) is 3.12. The van der Waals surface area contributed by atoms with E-state index in [-0.39, 0.29) is 5.75 Å². The van der Waals surface area contributed by atoms with Gasteiger partial charge in [0.2, 0.25) is 5.13 Å². The van der Waals surface area contributed by atoms with E-state index in [4.69, 9.17) is 5.11 Å². The highest BCUT2D eigenvalue weighted by atomic mass is 32.2. The smallest absolute Gasteiger partial charge is 0.313 e. The number of aromatic nitrogens is 2. The Labute approximate surface area is 126 Å². The molecule has 2 heterocycles. The summed E-state index contributed by atoms with van der Waals surface area (Å²) in [5, 5.41) is 17.8. The van der Waals surface area contributed by atoms with Gasteiger partial charge < -0.3 is 10.0 Å². The van der Waals surface area contributed by atoms with Crippen molar-refractivity contribution in [3.63, 3.8) is 0 Å². The van der Waals surface area contributed by atoms with E-state index >= 15 is 0 Å². The summed E-state index contributed by atoms with van der Waals surface area (Å²) < 4.78 is 0.739. The van der Waals surface area contributed by atoms with Crippen LogP contribution >= 0.6 is 23.1 Å². The first kappa shape index (κ1) is 14.1. The number of hydrogen-bond donors (Lipinski definition) is 1. The minimum Gasteiger partial charge on any atom is -0.481 e. The zero-order chi connectivity index (χ0) is 13.9. The quantitative estimate of drug-likeness (QED) is 0.792. The van der Waals surface area contributed by atoms with Crippen molar-refractivity contribution in [2.45, 2.75) is 17.2 Å². The molecule has 0 unspecified atom stereocenters. The second-order valence-corrected chi connectivity index (χ2v) is 7.44. The summed E-state index contributed by atoms with van der Waals surface area (Å²) in [6, 6.07) is 0. The van der Waals surface area contributed by atoms with Gasteiger partial charge in [-0.2, -0.15) is 0 Å². The molecule has 2 fully saturated rings. The molecule has 8 heteroatoms. The topological polar surface area (TPSA) is 69.6 Å². The van der Waals surface area contributed by atoms with Crippen molar-refractivity contribution in [3.8, 4) is 0 Å². The third-order valence-corrected chi connectivity index (χ3v) is 5.67. The van der Waals surface area contributed by atoms with Crippen molar-refractivity contribution >= 4 is 34.2 Å². The van der Waals surface area contributed by atoms with E-state index in [9.17, 15) is 4.79 Å². The number of thioether (sulfide) groups is 1. The molecule has 1 N–H and O–H groups in total. The van der Waals surface area contributed by atoms with Crippen LogP contribution in [0.4, 0.5) is 5.13 Å². The van der Waals surface area contributed by atoms with Gasteiger partial charge in [-0.1, -0.05) is 23.1 Å². The highest BCUT2D eigenvalue weighted by molar-refractivity contribution is 8.01. The Kier molecular flexibility index (Phi) is 4.42. The molecule has 1 aliphatic carbocycles. The van der Waals surface area contributed by atoms with Crippen LogP contribution in [0.15, 0.2) is 4.34 Å². The molecule has 1 saturated carbocycles. The predicted octanol–water partition coefficient (Wildman–Crippen LogP) is 1.25. The molecule has 2 aliphatic rings. The van der Waals surface area contributed by atoms with Crippen molar-refractivity contribution in [1.29, 1.82) is 0 Å². The molecule has 0 spiro atoms. The lowest BCUT2D eigenvalue weighted by atomic mass is 10.3. The molecule has 0 radical (unpaired) electrons. The summed E-state index contributed by atoms with van der Waals surface area (Å²) in [5.74, 6) is 0.173. The first-order valence-corrected chi connectivity index (χ1v) is 8.66. The molecule has 20 heavy (non-hydrogen) atoms. The fourth-order valence-corrected chi connectivity index (χ4v) is 3.91. The standard InChI is InChI=1S/C12H18N4O2S2/c17-10(18)8-19-12-14-13-11(20-12)16-5-3-15(4-6-16)7-9-1-2-9/h9H,1-8H2,(H,17,18). The molecule has 3 rings (SSSR count). The van der Waals surface area contributed by atoms with E-state index in [1.165, 1.54) is 42.5 Å². The summed E-state index contributed by atoms with van der Waals surface area (Å²) in [6.07, 6.45) is 2.81. The van der Waals surface area contributed by atoms with Gasteiger partial charge in [-0.05, 0) is 18.8 Å². The molecule has 0 atom stereocenters. The van der Waals surface area contributed by atoms with Gasteiger partial charge in [-0.25, -0.2) is 0 Å². The molecule has 6 nitrogen and oxygen atoms in total. The Bertz CT molecular complexity index is 470. The molecule has 1 aliphatic heterocycles. The zero-order valence-electron chi connectivity index (χ0n) is 11.2. The van der Waals surface area contributed by atoms with Crippen molar-refractivity contribution in [2.24, 2.45) is 5.92 Å². The van der Waals surface area contributed by atoms with E-state index in [1.807, 2.05) is 0 Å². The molecular weight excluding hydrogens is 296 g/mol.